The van der Waals surface area contributed by atoms with Crippen molar-refractivity contribution in [3.05, 3.63) is 117 Å². The number of methoxy groups -OCH3 is 7. The van der Waals surface area contributed by atoms with Gasteiger partial charge in [-0.15, -0.1) is 0 Å². The molecule has 0 aliphatic carbocycles. The Bertz CT molecular complexity index is 3220. The Balaban J connectivity index is 0.000000303. The zero-order chi connectivity index (χ0) is 67.0. The first-order valence-electron chi connectivity index (χ1n) is 28.9. The maximum absolute atomic E-state index is 12.6. The van der Waals surface area contributed by atoms with E-state index in [0.29, 0.717) is 96.8 Å². The van der Waals surface area contributed by atoms with Gasteiger partial charge in [-0.05, 0) is 146 Å². The van der Waals surface area contributed by atoms with Gasteiger partial charge in [-0.25, -0.2) is 33.8 Å². The molecule has 91 heavy (non-hydrogen) atoms. The molecule has 0 spiro atoms. The summed E-state index contributed by atoms with van der Waals surface area (Å²) in [6.07, 6.45) is 3.86. The number of benzene rings is 4. The van der Waals surface area contributed by atoms with Crippen LogP contribution >= 0.6 is 15.9 Å². The monoisotopic (exact) mass is 1320 g/mol. The number of halogens is 1. The first kappa shape index (κ1) is 77.1. The molecule has 3 unspecified atom stereocenters. The quantitative estimate of drug-likeness (QED) is 0.0709. The fraction of sp³-hybridized carbons (Fsp3) is 0.477. The molecular weight excluding hydrogens is 1240 g/mol. The Hall–Kier alpha value is -8.14. The van der Waals surface area contributed by atoms with Crippen LogP contribution in [0.25, 0.3) is 0 Å². The molecule has 0 saturated carbocycles. The average Bonchev–Trinajstić information content (AvgIpc) is 2.08. The van der Waals surface area contributed by atoms with Crippen LogP contribution in [0.2, 0.25) is 0 Å². The third-order valence-corrected chi connectivity index (χ3v) is 14.7. The molecule has 24 nitrogen and oxygen atoms in total. The molecule has 0 bridgehead atoms. The third-order valence-electron chi connectivity index (χ3n) is 14.1. The average molecular weight is 1330 g/mol. The summed E-state index contributed by atoms with van der Waals surface area (Å²) in [6, 6.07) is 19.9. The predicted molar refractivity (Wildman–Crippen MR) is 330 cm³/mol. The van der Waals surface area contributed by atoms with Crippen molar-refractivity contribution in [1.82, 2.24) is 20.4 Å². The van der Waals surface area contributed by atoms with Crippen LogP contribution in [-0.2, 0) is 67.5 Å². The van der Waals surface area contributed by atoms with Crippen molar-refractivity contribution in [1.29, 1.82) is 0 Å². The van der Waals surface area contributed by atoms with Crippen molar-refractivity contribution >= 4 is 75.6 Å². The Labute approximate surface area is 551 Å². The zero-order valence-corrected chi connectivity index (χ0v) is 55.9. The van der Waals surface area contributed by atoms with E-state index < -0.39 is 41.3 Å². The number of alkyl halides is 1. The number of carboxylic acids is 1. The SMILES string of the molecule is CC(C)(C)OC(=O)N1CCCC1=O.COC(=O)c1ccc(CBr)c(OC)c1.COC(=O)c1ccc(CC2CCN(C(=O)OC(C)(C)C)C2=O)c(OC)c1.COC(=O)c1ccc(CC2CCNC2=O)c(OC)c1.COc1cc(C(=O)[O-])ccc1CC1CCNC1=O.[Li+]. The summed E-state index contributed by atoms with van der Waals surface area (Å²) in [7, 11) is 10.1. The van der Waals surface area contributed by atoms with Crippen LogP contribution in [0.15, 0.2) is 72.8 Å². The Morgan fingerprint density at radius 1 is 0.505 bits per heavy atom. The van der Waals surface area contributed by atoms with Crippen LogP contribution in [0.5, 0.6) is 23.0 Å². The van der Waals surface area contributed by atoms with E-state index in [0.717, 1.165) is 53.0 Å². The second-order valence-corrected chi connectivity index (χ2v) is 23.3. The molecule has 4 fully saturated rings. The number of nitrogens with zero attached hydrogens (tertiary/aromatic N) is 2. The van der Waals surface area contributed by atoms with Crippen LogP contribution < -0.4 is 53.5 Å². The molecule has 4 aliphatic rings. The van der Waals surface area contributed by atoms with Crippen LogP contribution in [0, 0.1) is 17.8 Å². The van der Waals surface area contributed by atoms with Crippen LogP contribution in [0.1, 0.15) is 137 Å². The topological polar surface area (TPSA) is 307 Å². The molecule has 4 aromatic rings. The molecule has 4 aliphatic heterocycles. The summed E-state index contributed by atoms with van der Waals surface area (Å²) in [5, 5.41) is 17.0. The first-order chi connectivity index (χ1) is 42.5. The second-order valence-electron chi connectivity index (χ2n) is 22.8. The summed E-state index contributed by atoms with van der Waals surface area (Å²) < 4.78 is 45.2. The number of carboxylic acid groups (broad SMARTS) is 1. The van der Waals surface area contributed by atoms with Crippen molar-refractivity contribution in [2.75, 3.05) is 75.9 Å². The summed E-state index contributed by atoms with van der Waals surface area (Å²) >= 11 is 3.33. The van der Waals surface area contributed by atoms with Crippen molar-refractivity contribution in [2.45, 2.75) is 109 Å². The molecule has 26 heteroatoms. The number of rotatable bonds is 15. The minimum absolute atomic E-state index is 0. The zero-order valence-electron chi connectivity index (χ0n) is 54.3. The molecule has 4 saturated heterocycles. The molecule has 4 heterocycles. The number of ether oxygens (including phenoxy) is 9. The fourth-order valence-electron chi connectivity index (χ4n) is 9.52. The summed E-state index contributed by atoms with van der Waals surface area (Å²) in [4.78, 5) is 118. The first-order valence-corrected chi connectivity index (χ1v) is 30.0. The van der Waals surface area contributed by atoms with E-state index in [4.69, 9.17) is 33.2 Å². The normalized spacial score (nSPS) is 16.4. The van der Waals surface area contributed by atoms with Gasteiger partial charge in [0.15, 0.2) is 0 Å². The Kier molecular flexibility index (Phi) is 31.0. The number of hydrogen-bond donors (Lipinski definition) is 2. The van der Waals surface area contributed by atoms with Gasteiger partial charge in [0.1, 0.15) is 34.2 Å². The largest absolute Gasteiger partial charge is 1.00 e. The molecule has 0 aromatic heterocycles. The maximum atomic E-state index is 12.6. The number of carbonyl (C=O) groups is 10. The molecule has 0 radical (unpaired) electrons. The number of nitrogens with one attached hydrogen (secondary N) is 2. The predicted octanol–water partition coefficient (Wildman–Crippen LogP) is 4.63. The smallest absolute Gasteiger partial charge is 0.545 e. The second kappa shape index (κ2) is 36.6. The number of carbonyl (C=O) groups excluding carboxylic acids is 10. The van der Waals surface area contributed by atoms with E-state index in [9.17, 15) is 53.1 Å². The van der Waals surface area contributed by atoms with E-state index in [1.54, 1.807) is 104 Å². The third kappa shape index (κ3) is 23.6. The number of amides is 6. The molecule has 4 aromatic carbocycles. The van der Waals surface area contributed by atoms with Crippen molar-refractivity contribution in [3.63, 3.8) is 0 Å². The Morgan fingerprint density at radius 3 is 1.18 bits per heavy atom. The van der Waals surface area contributed by atoms with Gasteiger partial charge in [0, 0.05) is 66.8 Å². The van der Waals surface area contributed by atoms with Crippen molar-refractivity contribution in [3.8, 4) is 23.0 Å². The standard InChI is InChI=1S/C19H25NO6.C14H17NO4.C13H15NO4.C10H11BrO3.C9H15NO3.Li/c1-19(2,3)26-18(23)20-9-8-13(16(20)21)10-12-6-7-14(17(22)25-5)11-15(12)24-4;1-18-12-8-11(14(17)19-2)4-3-9(12)7-10-5-6-15-13(10)16;1-18-11-7-10(13(16)17)3-2-8(11)6-9-4-5-14-12(9)15;1-13-9-5-7(10(12)14-2)3-4-8(9)6-11;1-9(2,3)13-8(12)10-6-4-5-7(10)11;/h6-7,11,13H,8-10H2,1-5H3;3-4,8,10H,5-7H2,1-2H3,(H,15,16);2-3,7,9H,4-6H2,1H3,(H,14,15)(H,16,17);3-5H,6H2,1-2H3;4-6H2,1-3H3;/q;;;;;+1/p-1. The van der Waals surface area contributed by atoms with Crippen molar-refractivity contribution in [2.24, 2.45) is 17.8 Å². The maximum Gasteiger partial charge on any atom is 1.00 e. The van der Waals surface area contributed by atoms with Crippen LogP contribution in [-0.4, -0.2) is 157 Å². The van der Waals surface area contributed by atoms with Crippen LogP contribution in [0.3, 0.4) is 0 Å². The number of esters is 3. The molecule has 490 valence electrons. The van der Waals surface area contributed by atoms with Gasteiger partial charge in [-0.1, -0.05) is 46.3 Å². The van der Waals surface area contributed by atoms with E-state index in [1.165, 1.54) is 52.6 Å². The van der Waals surface area contributed by atoms with Gasteiger partial charge in [-0.2, -0.15) is 0 Å². The summed E-state index contributed by atoms with van der Waals surface area (Å²) in [5.41, 5.74) is 3.77. The minimum atomic E-state index is -1.24. The van der Waals surface area contributed by atoms with E-state index in [1.807, 2.05) is 12.1 Å². The molecule has 6 amide bonds. The van der Waals surface area contributed by atoms with Gasteiger partial charge < -0.3 is 63.2 Å². The molecular formula is C65H82BrLiN4O20. The summed E-state index contributed by atoms with van der Waals surface area (Å²) in [5.74, 6) is -0.826. The Morgan fingerprint density at radius 2 is 0.857 bits per heavy atom. The minimum Gasteiger partial charge on any atom is -0.545 e. The van der Waals surface area contributed by atoms with Gasteiger partial charge in [0.2, 0.25) is 23.6 Å². The number of imide groups is 2. The summed E-state index contributed by atoms with van der Waals surface area (Å²) in [6.45, 7) is 12.9. The molecule has 3 atom stereocenters. The van der Waals surface area contributed by atoms with Crippen LogP contribution in [0.4, 0.5) is 9.59 Å². The van der Waals surface area contributed by atoms with Gasteiger partial charge in [-0.3, -0.25) is 19.2 Å². The number of hydrogen-bond acceptors (Lipinski definition) is 20. The van der Waals surface area contributed by atoms with Gasteiger partial charge in [0.05, 0.1) is 72.4 Å². The number of aromatic carboxylic acids is 1. The molecule has 8 rings (SSSR count). The van der Waals surface area contributed by atoms with E-state index >= 15 is 0 Å². The number of likely N-dealkylation sites (tertiary alicyclic amines) is 2. The fourth-order valence-corrected chi connectivity index (χ4v) is 9.98. The van der Waals surface area contributed by atoms with Gasteiger partial charge in [0.25, 0.3) is 0 Å². The van der Waals surface area contributed by atoms with Gasteiger partial charge >= 0.3 is 49.0 Å². The van der Waals surface area contributed by atoms with Crippen molar-refractivity contribution < 1.29 is 115 Å². The van der Waals surface area contributed by atoms with E-state index in [2.05, 4.69) is 36.0 Å². The molecule has 2 N–H and O–H groups in total. The van der Waals surface area contributed by atoms with E-state index in [-0.39, 0.29) is 71.8 Å².